The summed E-state index contributed by atoms with van der Waals surface area (Å²) in [5.74, 6) is -0.148. The predicted octanol–water partition coefficient (Wildman–Crippen LogP) is 3.25. The van der Waals surface area contributed by atoms with Crippen LogP contribution in [0.15, 0.2) is 24.3 Å². The van der Waals surface area contributed by atoms with Crippen LogP contribution >= 0.6 is 24.0 Å². The smallest absolute Gasteiger partial charge is 0.241 e. The quantitative estimate of drug-likeness (QED) is 0.594. The average molecular weight is 364 g/mol. The number of benzene rings is 1. The summed E-state index contributed by atoms with van der Waals surface area (Å²) >= 11 is 6.64. The zero-order valence-electron chi connectivity index (χ0n) is 13.7. The van der Waals surface area contributed by atoms with Gasteiger partial charge < -0.3 is 5.32 Å². The third-order valence-corrected chi connectivity index (χ3v) is 5.46. The van der Waals surface area contributed by atoms with Gasteiger partial charge in [0.05, 0.1) is 5.25 Å². The summed E-state index contributed by atoms with van der Waals surface area (Å²) < 4.78 is 0.599. The first-order chi connectivity index (χ1) is 11.4. The van der Waals surface area contributed by atoms with E-state index in [1.165, 1.54) is 18.7 Å². The normalized spacial score (nSPS) is 17.2. The van der Waals surface area contributed by atoms with Crippen molar-refractivity contribution >= 4 is 51.6 Å². The van der Waals surface area contributed by atoms with Crippen LogP contribution in [0, 0.1) is 0 Å². The van der Waals surface area contributed by atoms with Crippen LogP contribution < -0.4 is 5.32 Å². The van der Waals surface area contributed by atoms with E-state index in [2.05, 4.69) is 5.32 Å². The van der Waals surface area contributed by atoms with Crippen LogP contribution in [0.25, 0.3) is 0 Å². The van der Waals surface area contributed by atoms with E-state index < -0.39 is 0 Å². The number of hydrogen-bond acceptors (Lipinski definition) is 5. The monoisotopic (exact) mass is 364 g/mol. The molecule has 0 bridgehead atoms. The van der Waals surface area contributed by atoms with Crippen molar-refractivity contribution in [3.05, 3.63) is 29.8 Å². The number of ketones is 1. The number of hydrogen-bond donors (Lipinski definition) is 1. The van der Waals surface area contributed by atoms with Crippen molar-refractivity contribution in [3.63, 3.8) is 0 Å². The van der Waals surface area contributed by atoms with E-state index in [9.17, 15) is 14.4 Å². The minimum absolute atomic E-state index is 0.0436. The highest BCUT2D eigenvalue weighted by atomic mass is 32.2. The second kappa shape index (κ2) is 8.39. The molecule has 1 fully saturated rings. The van der Waals surface area contributed by atoms with Gasteiger partial charge in [-0.2, -0.15) is 0 Å². The second-order valence-corrected chi connectivity index (χ2v) is 7.40. The lowest BCUT2D eigenvalue weighted by molar-refractivity contribution is -0.126. The predicted molar refractivity (Wildman–Crippen MR) is 100 cm³/mol. The molecule has 0 radical (unpaired) electrons. The minimum atomic E-state index is -0.145. The van der Waals surface area contributed by atoms with Gasteiger partial charge in [-0.15, -0.1) is 0 Å². The average Bonchev–Trinajstić information content (AvgIpc) is 2.82. The number of amides is 2. The van der Waals surface area contributed by atoms with Crippen molar-refractivity contribution in [2.45, 2.75) is 38.4 Å². The third-order valence-electron chi connectivity index (χ3n) is 3.71. The van der Waals surface area contributed by atoms with Gasteiger partial charge in [-0.3, -0.25) is 19.3 Å². The highest BCUT2D eigenvalue weighted by Crippen LogP contribution is 2.29. The van der Waals surface area contributed by atoms with Gasteiger partial charge >= 0.3 is 0 Å². The number of thiocarbonyl (C=S) groups is 1. The van der Waals surface area contributed by atoms with Crippen LogP contribution in [0.1, 0.15) is 43.5 Å². The molecule has 5 nitrogen and oxygen atoms in total. The summed E-state index contributed by atoms with van der Waals surface area (Å²) in [6.45, 7) is 3.91. The topological polar surface area (TPSA) is 66.5 Å². The first-order valence-corrected chi connectivity index (χ1v) is 9.14. The molecule has 0 saturated carbocycles. The second-order valence-electron chi connectivity index (χ2n) is 5.56. The van der Waals surface area contributed by atoms with E-state index >= 15 is 0 Å². The summed E-state index contributed by atoms with van der Waals surface area (Å²) in [6, 6.07) is 6.84. The molecule has 1 aliphatic heterocycles. The highest BCUT2D eigenvalue weighted by molar-refractivity contribution is 8.24. The molecule has 1 saturated heterocycles. The van der Waals surface area contributed by atoms with E-state index in [0.29, 0.717) is 28.5 Å². The highest BCUT2D eigenvalue weighted by Gasteiger charge is 2.35. The molecule has 128 valence electrons. The third kappa shape index (κ3) is 4.64. The first-order valence-electron chi connectivity index (χ1n) is 7.85. The van der Waals surface area contributed by atoms with Crippen LogP contribution in [0.2, 0.25) is 0 Å². The maximum Gasteiger partial charge on any atom is 0.241 e. The maximum atomic E-state index is 12.1. The Morgan fingerprint density at radius 3 is 2.75 bits per heavy atom. The molecular weight excluding hydrogens is 344 g/mol. The Hall–Kier alpha value is -1.73. The first kappa shape index (κ1) is 18.6. The number of nitrogens with one attached hydrogen (secondary N) is 1. The van der Waals surface area contributed by atoms with Crippen molar-refractivity contribution in [1.29, 1.82) is 0 Å². The number of carbonyl (C=O) groups is 3. The molecule has 1 unspecified atom stereocenters. The fourth-order valence-electron chi connectivity index (χ4n) is 2.40. The van der Waals surface area contributed by atoms with E-state index in [0.717, 1.165) is 6.42 Å². The molecule has 1 aromatic carbocycles. The SMILES string of the molecule is CCC1SC(=S)N(CCCC(=O)Nc2cccc(C(C)=O)c2)C1=O. The largest absolute Gasteiger partial charge is 0.326 e. The zero-order valence-corrected chi connectivity index (χ0v) is 15.3. The minimum Gasteiger partial charge on any atom is -0.326 e. The molecule has 2 amide bonds. The molecule has 0 aliphatic carbocycles. The van der Waals surface area contributed by atoms with Gasteiger partial charge in [0.25, 0.3) is 0 Å². The maximum absolute atomic E-state index is 12.1. The van der Waals surface area contributed by atoms with Gasteiger partial charge in [0.1, 0.15) is 4.32 Å². The molecule has 1 N–H and O–H groups in total. The Morgan fingerprint density at radius 2 is 2.12 bits per heavy atom. The van der Waals surface area contributed by atoms with Crippen molar-refractivity contribution in [1.82, 2.24) is 4.90 Å². The fraction of sp³-hybridized carbons (Fsp3) is 0.412. The van der Waals surface area contributed by atoms with Crippen LogP contribution in [0.4, 0.5) is 5.69 Å². The number of anilines is 1. The van der Waals surface area contributed by atoms with E-state index in [1.54, 1.807) is 29.2 Å². The molecule has 2 rings (SSSR count). The van der Waals surface area contributed by atoms with E-state index in [-0.39, 0.29) is 29.3 Å². The van der Waals surface area contributed by atoms with Crippen molar-refractivity contribution in [2.75, 3.05) is 11.9 Å². The molecular formula is C17H20N2O3S2. The zero-order chi connectivity index (χ0) is 17.7. The van der Waals surface area contributed by atoms with Crippen molar-refractivity contribution in [2.24, 2.45) is 0 Å². The molecule has 1 atom stereocenters. The Kier molecular flexibility index (Phi) is 6.51. The van der Waals surface area contributed by atoms with Gasteiger partial charge in [0.2, 0.25) is 11.8 Å². The molecule has 0 aromatic heterocycles. The van der Waals surface area contributed by atoms with Gasteiger partial charge in [0.15, 0.2) is 5.78 Å². The number of carbonyl (C=O) groups excluding carboxylic acids is 3. The lowest BCUT2D eigenvalue weighted by Gasteiger charge is -2.15. The summed E-state index contributed by atoms with van der Waals surface area (Å²) in [6.07, 6.45) is 1.59. The summed E-state index contributed by atoms with van der Waals surface area (Å²) in [4.78, 5) is 37.1. The van der Waals surface area contributed by atoms with Gasteiger partial charge in [-0.1, -0.05) is 43.0 Å². The standard InChI is InChI=1S/C17H20N2O3S2/c1-3-14-16(22)19(17(23)24-14)9-5-8-15(21)18-13-7-4-6-12(10-13)11(2)20/h4,6-7,10,14H,3,5,8-9H2,1-2H3,(H,18,21). The number of thioether (sulfide) groups is 1. The molecule has 7 heteroatoms. The van der Waals surface area contributed by atoms with Crippen molar-refractivity contribution < 1.29 is 14.4 Å². The van der Waals surface area contributed by atoms with Crippen LogP contribution in [0.5, 0.6) is 0 Å². The van der Waals surface area contributed by atoms with E-state index in [4.69, 9.17) is 12.2 Å². The lowest BCUT2D eigenvalue weighted by Crippen LogP contribution is -2.32. The van der Waals surface area contributed by atoms with Gasteiger partial charge in [0, 0.05) is 24.2 Å². The summed E-state index contributed by atoms with van der Waals surface area (Å²) in [5.41, 5.74) is 1.16. The van der Waals surface area contributed by atoms with Gasteiger partial charge in [-0.05, 0) is 31.9 Å². The fourth-order valence-corrected chi connectivity index (χ4v) is 3.87. The van der Waals surface area contributed by atoms with Crippen molar-refractivity contribution in [3.8, 4) is 0 Å². The molecule has 0 spiro atoms. The van der Waals surface area contributed by atoms with Crippen LogP contribution in [0.3, 0.4) is 0 Å². The summed E-state index contributed by atoms with van der Waals surface area (Å²) in [7, 11) is 0. The molecule has 1 aliphatic rings. The molecule has 1 aromatic rings. The van der Waals surface area contributed by atoms with Crippen LogP contribution in [-0.4, -0.2) is 38.6 Å². The Balaban J connectivity index is 1.82. The summed E-state index contributed by atoms with van der Waals surface area (Å²) in [5, 5.41) is 2.69. The number of Topliss-reactive ketones (excluding diaryl/α,β-unsaturated/α-hetero) is 1. The van der Waals surface area contributed by atoms with Gasteiger partial charge in [-0.25, -0.2) is 0 Å². The molecule has 1 heterocycles. The Labute approximate surface area is 151 Å². The Bertz CT molecular complexity index is 676. The number of rotatable bonds is 7. The van der Waals surface area contributed by atoms with Crippen LogP contribution in [-0.2, 0) is 9.59 Å². The van der Waals surface area contributed by atoms with E-state index in [1.807, 2.05) is 6.92 Å². The lowest BCUT2D eigenvalue weighted by atomic mass is 10.1. The Morgan fingerprint density at radius 1 is 1.38 bits per heavy atom. The molecule has 24 heavy (non-hydrogen) atoms. The number of nitrogens with zero attached hydrogens (tertiary/aromatic N) is 1.